The first kappa shape index (κ1) is 17.1. The molecule has 0 fully saturated rings. The number of benzene rings is 1. The number of rotatable bonds is 5. The standard InChI is InChI=1S/C14H15F2N3O3S/c1-8(2)22-14-12(16)13(17-7-18-14)19-11-5-4-9(6-10(11)15)23(3,20)21/h4-8H,1-3H3,(H,17,18,19). The summed E-state index contributed by atoms with van der Waals surface area (Å²) in [5, 5.41) is 2.46. The van der Waals surface area contributed by atoms with Gasteiger partial charge in [-0.3, -0.25) is 0 Å². The Kier molecular flexibility index (Phi) is 4.79. The van der Waals surface area contributed by atoms with Crippen LogP contribution in [0.4, 0.5) is 20.3 Å². The van der Waals surface area contributed by atoms with Gasteiger partial charge in [0.25, 0.3) is 5.88 Å². The monoisotopic (exact) mass is 343 g/mol. The average Bonchev–Trinajstić information content (AvgIpc) is 2.43. The van der Waals surface area contributed by atoms with Crippen LogP contribution in [0.25, 0.3) is 0 Å². The largest absolute Gasteiger partial charge is 0.473 e. The molecule has 6 nitrogen and oxygen atoms in total. The van der Waals surface area contributed by atoms with E-state index in [0.29, 0.717) is 0 Å². The van der Waals surface area contributed by atoms with Crippen LogP contribution in [0.15, 0.2) is 29.4 Å². The molecule has 0 aliphatic carbocycles. The van der Waals surface area contributed by atoms with E-state index in [9.17, 15) is 17.2 Å². The number of ether oxygens (including phenoxy) is 1. The summed E-state index contributed by atoms with van der Waals surface area (Å²) in [6.07, 6.45) is 1.75. The van der Waals surface area contributed by atoms with Crippen LogP contribution in [0.2, 0.25) is 0 Å². The number of aromatic nitrogens is 2. The molecule has 23 heavy (non-hydrogen) atoms. The summed E-state index contributed by atoms with van der Waals surface area (Å²) < 4.78 is 56.1. The van der Waals surface area contributed by atoms with Gasteiger partial charge in [0, 0.05) is 6.26 Å². The van der Waals surface area contributed by atoms with Gasteiger partial charge in [0.05, 0.1) is 16.7 Å². The molecular formula is C14H15F2N3O3S. The lowest BCUT2D eigenvalue weighted by Gasteiger charge is -2.12. The molecule has 0 spiro atoms. The quantitative estimate of drug-likeness (QED) is 0.899. The van der Waals surface area contributed by atoms with Crippen molar-refractivity contribution < 1.29 is 21.9 Å². The fraction of sp³-hybridized carbons (Fsp3) is 0.286. The SMILES string of the molecule is CC(C)Oc1ncnc(Nc2ccc(S(C)(=O)=O)cc2F)c1F. The first-order chi connectivity index (χ1) is 10.7. The van der Waals surface area contributed by atoms with Crippen molar-refractivity contribution in [1.29, 1.82) is 0 Å². The Morgan fingerprint density at radius 2 is 1.91 bits per heavy atom. The molecule has 0 aliphatic rings. The van der Waals surface area contributed by atoms with Gasteiger partial charge in [-0.2, -0.15) is 9.37 Å². The number of nitrogens with zero attached hydrogens (tertiary/aromatic N) is 2. The summed E-state index contributed by atoms with van der Waals surface area (Å²) in [5.74, 6) is -2.25. The van der Waals surface area contributed by atoms with Crippen molar-refractivity contribution in [2.24, 2.45) is 0 Å². The summed E-state index contributed by atoms with van der Waals surface area (Å²) in [4.78, 5) is 7.19. The Hall–Kier alpha value is -2.29. The van der Waals surface area contributed by atoms with Crippen LogP contribution in [0.5, 0.6) is 5.88 Å². The van der Waals surface area contributed by atoms with Gasteiger partial charge >= 0.3 is 0 Å². The first-order valence-electron chi connectivity index (χ1n) is 6.62. The maximum absolute atomic E-state index is 14.2. The topological polar surface area (TPSA) is 81.2 Å². The second kappa shape index (κ2) is 6.45. The minimum atomic E-state index is -3.53. The normalized spacial score (nSPS) is 11.6. The molecule has 0 radical (unpaired) electrons. The Bertz CT molecular complexity index is 826. The fourth-order valence-corrected chi connectivity index (χ4v) is 2.33. The summed E-state index contributed by atoms with van der Waals surface area (Å²) in [7, 11) is -3.53. The van der Waals surface area contributed by atoms with E-state index in [1.807, 2.05) is 0 Å². The Labute approximate surface area is 132 Å². The Morgan fingerprint density at radius 1 is 1.22 bits per heavy atom. The van der Waals surface area contributed by atoms with Crippen molar-refractivity contribution in [2.75, 3.05) is 11.6 Å². The summed E-state index contributed by atoms with van der Waals surface area (Å²) in [6.45, 7) is 3.41. The number of sulfone groups is 1. The molecule has 9 heteroatoms. The van der Waals surface area contributed by atoms with E-state index in [4.69, 9.17) is 4.74 Å². The smallest absolute Gasteiger partial charge is 0.256 e. The molecule has 0 saturated carbocycles. The number of hydrogen-bond donors (Lipinski definition) is 1. The maximum atomic E-state index is 14.2. The molecule has 1 N–H and O–H groups in total. The van der Waals surface area contributed by atoms with Crippen molar-refractivity contribution in [1.82, 2.24) is 9.97 Å². The van der Waals surface area contributed by atoms with Crippen LogP contribution >= 0.6 is 0 Å². The van der Waals surface area contributed by atoms with Crippen LogP contribution in [0, 0.1) is 11.6 Å². The highest BCUT2D eigenvalue weighted by molar-refractivity contribution is 7.90. The van der Waals surface area contributed by atoms with Crippen molar-refractivity contribution in [3.8, 4) is 5.88 Å². The lowest BCUT2D eigenvalue weighted by Crippen LogP contribution is -2.10. The fourth-order valence-electron chi connectivity index (χ4n) is 1.70. The van der Waals surface area contributed by atoms with Crippen molar-refractivity contribution in [3.05, 3.63) is 36.2 Å². The summed E-state index contributed by atoms with van der Waals surface area (Å²) in [6, 6.07) is 3.25. The van der Waals surface area contributed by atoms with Gasteiger partial charge in [0.15, 0.2) is 15.7 Å². The Balaban J connectivity index is 2.33. The third-order valence-corrected chi connectivity index (χ3v) is 3.84. The minimum absolute atomic E-state index is 0.120. The number of anilines is 2. The van der Waals surface area contributed by atoms with E-state index in [1.54, 1.807) is 13.8 Å². The van der Waals surface area contributed by atoms with Gasteiger partial charge in [-0.1, -0.05) is 0 Å². The van der Waals surface area contributed by atoms with E-state index < -0.39 is 21.5 Å². The third-order valence-electron chi connectivity index (χ3n) is 2.73. The van der Waals surface area contributed by atoms with E-state index in [-0.39, 0.29) is 28.4 Å². The Morgan fingerprint density at radius 3 is 2.48 bits per heavy atom. The van der Waals surface area contributed by atoms with E-state index in [2.05, 4.69) is 15.3 Å². The number of halogens is 2. The lowest BCUT2D eigenvalue weighted by molar-refractivity contribution is 0.220. The molecule has 0 atom stereocenters. The van der Waals surface area contributed by atoms with E-state index >= 15 is 0 Å². The van der Waals surface area contributed by atoms with Gasteiger partial charge in [0.2, 0.25) is 5.82 Å². The maximum Gasteiger partial charge on any atom is 0.256 e. The van der Waals surface area contributed by atoms with Gasteiger partial charge in [0.1, 0.15) is 12.1 Å². The predicted molar refractivity (Wildman–Crippen MR) is 80.5 cm³/mol. The van der Waals surface area contributed by atoms with Crippen LogP contribution in [-0.2, 0) is 9.84 Å². The molecule has 1 heterocycles. The molecule has 0 amide bonds. The molecule has 124 valence electrons. The highest BCUT2D eigenvalue weighted by atomic mass is 32.2. The van der Waals surface area contributed by atoms with Crippen molar-refractivity contribution in [2.45, 2.75) is 24.8 Å². The number of hydrogen-bond acceptors (Lipinski definition) is 6. The highest BCUT2D eigenvalue weighted by Crippen LogP contribution is 2.26. The van der Waals surface area contributed by atoms with Crippen molar-refractivity contribution >= 4 is 21.3 Å². The summed E-state index contributed by atoms with van der Waals surface area (Å²) in [5.41, 5.74) is -0.120. The molecule has 0 saturated heterocycles. The van der Waals surface area contributed by atoms with Gasteiger partial charge in [-0.25, -0.2) is 17.8 Å². The number of nitrogens with one attached hydrogen (secondary N) is 1. The molecule has 1 aromatic heterocycles. The zero-order valence-corrected chi connectivity index (χ0v) is 13.5. The van der Waals surface area contributed by atoms with Crippen LogP contribution in [-0.4, -0.2) is 30.7 Å². The highest BCUT2D eigenvalue weighted by Gasteiger charge is 2.16. The zero-order chi connectivity index (χ0) is 17.2. The van der Waals surface area contributed by atoms with Gasteiger partial charge in [-0.15, -0.1) is 0 Å². The second-order valence-corrected chi connectivity index (χ2v) is 7.06. The molecule has 0 aliphatic heterocycles. The van der Waals surface area contributed by atoms with E-state index in [0.717, 1.165) is 18.6 Å². The molecule has 1 aromatic carbocycles. The van der Waals surface area contributed by atoms with Gasteiger partial charge < -0.3 is 10.1 Å². The predicted octanol–water partition coefficient (Wildman–Crippen LogP) is 2.69. The molecule has 2 rings (SSSR count). The molecule has 0 bridgehead atoms. The van der Waals surface area contributed by atoms with Crippen LogP contribution < -0.4 is 10.1 Å². The third kappa shape index (κ3) is 4.13. The van der Waals surface area contributed by atoms with Crippen molar-refractivity contribution in [3.63, 3.8) is 0 Å². The second-order valence-electron chi connectivity index (χ2n) is 5.05. The molecular weight excluding hydrogens is 328 g/mol. The molecule has 0 unspecified atom stereocenters. The van der Waals surface area contributed by atoms with Crippen LogP contribution in [0.1, 0.15) is 13.8 Å². The summed E-state index contributed by atoms with van der Waals surface area (Å²) >= 11 is 0. The lowest BCUT2D eigenvalue weighted by atomic mass is 10.3. The minimum Gasteiger partial charge on any atom is -0.473 e. The van der Waals surface area contributed by atoms with Crippen LogP contribution in [0.3, 0.4) is 0 Å². The van der Waals surface area contributed by atoms with E-state index in [1.165, 1.54) is 12.1 Å². The van der Waals surface area contributed by atoms with Gasteiger partial charge in [-0.05, 0) is 32.0 Å². The molecule has 2 aromatic rings. The zero-order valence-electron chi connectivity index (χ0n) is 12.7. The average molecular weight is 343 g/mol. The first-order valence-corrected chi connectivity index (χ1v) is 8.51.